The van der Waals surface area contributed by atoms with Crippen molar-refractivity contribution in [2.45, 2.75) is 9.92 Å². The van der Waals surface area contributed by atoms with Crippen molar-refractivity contribution in [3.05, 3.63) is 35.1 Å². The van der Waals surface area contributed by atoms with Gasteiger partial charge in [0.2, 0.25) is 0 Å². The van der Waals surface area contributed by atoms with E-state index >= 15 is 0 Å². The number of carbonyl (C=O) groups excluding carboxylic acids is 2. The van der Waals surface area contributed by atoms with Gasteiger partial charge in [-0.05, 0) is 12.1 Å². The van der Waals surface area contributed by atoms with Crippen LogP contribution in [0.3, 0.4) is 0 Å². The van der Waals surface area contributed by atoms with Crippen LogP contribution in [0, 0.1) is 0 Å². The third-order valence-electron chi connectivity index (χ3n) is 2.65. The zero-order valence-electron chi connectivity index (χ0n) is 9.88. The first-order valence-electron chi connectivity index (χ1n) is 5.51. The van der Waals surface area contributed by atoms with Gasteiger partial charge in [-0.25, -0.2) is 9.97 Å². The minimum Gasteiger partial charge on any atom is -0.381 e. The Hall–Kier alpha value is -2.12. The SMILES string of the molecule is Nc1nc(Cl)cnc1Sc1cccc2c1C(=O)C(=O)N2. The summed E-state index contributed by atoms with van der Waals surface area (Å²) in [6, 6.07) is 5.12. The summed E-state index contributed by atoms with van der Waals surface area (Å²) in [5.74, 6) is -1.03. The quantitative estimate of drug-likeness (QED) is 0.823. The van der Waals surface area contributed by atoms with Crippen molar-refractivity contribution in [3.8, 4) is 0 Å². The number of nitrogens with two attached hydrogens (primary N) is 1. The summed E-state index contributed by atoms with van der Waals surface area (Å²) in [7, 11) is 0. The maximum Gasteiger partial charge on any atom is 0.296 e. The van der Waals surface area contributed by atoms with Crippen LogP contribution >= 0.6 is 23.4 Å². The normalized spacial score (nSPS) is 13.2. The number of aromatic nitrogens is 2. The number of carbonyl (C=O) groups is 2. The van der Waals surface area contributed by atoms with Crippen molar-refractivity contribution >= 4 is 46.6 Å². The number of hydrogen-bond acceptors (Lipinski definition) is 6. The van der Waals surface area contributed by atoms with E-state index in [0.29, 0.717) is 21.2 Å². The summed E-state index contributed by atoms with van der Waals surface area (Å²) < 4.78 is 0. The van der Waals surface area contributed by atoms with Gasteiger partial charge in [0.15, 0.2) is 5.82 Å². The fourth-order valence-corrected chi connectivity index (χ4v) is 2.85. The highest BCUT2D eigenvalue weighted by Gasteiger charge is 2.31. The molecule has 0 spiro atoms. The molecule has 0 unspecified atom stereocenters. The van der Waals surface area contributed by atoms with Gasteiger partial charge in [-0.3, -0.25) is 9.59 Å². The summed E-state index contributed by atoms with van der Waals surface area (Å²) in [5, 5.41) is 3.13. The lowest BCUT2D eigenvalue weighted by Gasteiger charge is -2.06. The van der Waals surface area contributed by atoms with Crippen LogP contribution < -0.4 is 11.1 Å². The number of Topliss-reactive ketones (excluding diaryl/α,β-unsaturated/α-hetero) is 1. The molecule has 2 aromatic rings. The van der Waals surface area contributed by atoms with Crippen LogP contribution in [0.1, 0.15) is 10.4 Å². The standard InChI is InChI=1S/C12H7ClN4O2S/c13-7-4-15-12(10(14)17-7)20-6-3-1-2-5-8(6)9(18)11(19)16-5/h1-4H,(H2,14,17)(H,16,18,19). The summed E-state index contributed by atoms with van der Waals surface area (Å²) in [6.07, 6.45) is 1.37. The molecule has 1 amide bonds. The predicted molar refractivity (Wildman–Crippen MR) is 75.0 cm³/mol. The van der Waals surface area contributed by atoms with E-state index in [1.165, 1.54) is 6.20 Å². The number of nitrogens with one attached hydrogen (secondary N) is 1. The highest BCUT2D eigenvalue weighted by atomic mass is 35.5. The molecule has 1 aliphatic heterocycles. The Balaban J connectivity index is 2.03. The molecule has 0 radical (unpaired) electrons. The van der Waals surface area contributed by atoms with Crippen molar-refractivity contribution in [1.82, 2.24) is 9.97 Å². The monoisotopic (exact) mass is 306 g/mol. The first-order valence-corrected chi connectivity index (χ1v) is 6.70. The second-order valence-electron chi connectivity index (χ2n) is 3.95. The van der Waals surface area contributed by atoms with Gasteiger partial charge in [0.25, 0.3) is 11.7 Å². The molecular formula is C12H7ClN4O2S. The summed E-state index contributed by atoms with van der Waals surface area (Å²) >= 11 is 6.85. The van der Waals surface area contributed by atoms with E-state index in [0.717, 1.165) is 11.8 Å². The van der Waals surface area contributed by atoms with Gasteiger partial charge in [-0.15, -0.1) is 0 Å². The van der Waals surface area contributed by atoms with Crippen LogP contribution in [0.15, 0.2) is 34.3 Å². The van der Waals surface area contributed by atoms with Crippen molar-refractivity contribution in [2.24, 2.45) is 0 Å². The largest absolute Gasteiger partial charge is 0.381 e. The lowest BCUT2D eigenvalue weighted by molar-refractivity contribution is -0.112. The number of nitrogens with zero attached hydrogens (tertiary/aromatic N) is 2. The molecule has 1 aromatic heterocycles. The zero-order valence-corrected chi connectivity index (χ0v) is 11.5. The van der Waals surface area contributed by atoms with E-state index in [2.05, 4.69) is 15.3 Å². The molecule has 1 aromatic carbocycles. The second kappa shape index (κ2) is 4.77. The molecule has 0 atom stereocenters. The van der Waals surface area contributed by atoms with Gasteiger partial charge in [0.05, 0.1) is 17.4 Å². The Kier molecular flexibility index (Phi) is 3.07. The highest BCUT2D eigenvalue weighted by molar-refractivity contribution is 7.99. The van der Waals surface area contributed by atoms with Crippen LogP contribution in [-0.2, 0) is 4.79 Å². The predicted octanol–water partition coefficient (Wildman–Crippen LogP) is 2.00. The average Bonchev–Trinajstić information content (AvgIpc) is 2.69. The summed E-state index contributed by atoms with van der Waals surface area (Å²) in [5.41, 5.74) is 6.55. The van der Waals surface area contributed by atoms with Gasteiger partial charge < -0.3 is 11.1 Å². The Bertz CT molecular complexity index is 750. The molecule has 0 saturated heterocycles. The van der Waals surface area contributed by atoms with Crippen LogP contribution in [-0.4, -0.2) is 21.7 Å². The van der Waals surface area contributed by atoms with E-state index in [4.69, 9.17) is 17.3 Å². The van der Waals surface area contributed by atoms with Crippen LogP contribution in [0.4, 0.5) is 11.5 Å². The minimum atomic E-state index is -0.636. The molecule has 0 aliphatic carbocycles. The summed E-state index contributed by atoms with van der Waals surface area (Å²) in [6.45, 7) is 0. The maximum absolute atomic E-state index is 11.8. The Morgan fingerprint density at radius 2 is 2.10 bits per heavy atom. The molecular weight excluding hydrogens is 300 g/mol. The number of benzene rings is 1. The molecule has 0 saturated carbocycles. The van der Waals surface area contributed by atoms with Crippen LogP contribution in [0.5, 0.6) is 0 Å². The number of fused-ring (bicyclic) bond motifs is 1. The lowest BCUT2D eigenvalue weighted by Crippen LogP contribution is -2.12. The lowest BCUT2D eigenvalue weighted by atomic mass is 10.1. The number of halogens is 1. The zero-order chi connectivity index (χ0) is 14.3. The number of nitrogen functional groups attached to an aromatic ring is 1. The first-order chi connectivity index (χ1) is 9.56. The van der Waals surface area contributed by atoms with Crippen molar-refractivity contribution in [3.63, 3.8) is 0 Å². The number of rotatable bonds is 2. The third kappa shape index (κ3) is 2.10. The van der Waals surface area contributed by atoms with Crippen molar-refractivity contribution in [2.75, 3.05) is 11.1 Å². The maximum atomic E-state index is 11.8. The molecule has 3 N–H and O–H groups in total. The van der Waals surface area contributed by atoms with E-state index in [9.17, 15) is 9.59 Å². The summed E-state index contributed by atoms with van der Waals surface area (Å²) in [4.78, 5) is 31.8. The molecule has 20 heavy (non-hydrogen) atoms. The smallest absolute Gasteiger partial charge is 0.296 e. The topological polar surface area (TPSA) is 98.0 Å². The number of anilines is 2. The Morgan fingerprint density at radius 1 is 1.30 bits per heavy atom. The molecule has 6 nitrogen and oxygen atoms in total. The van der Waals surface area contributed by atoms with E-state index in [-0.39, 0.29) is 11.0 Å². The molecule has 0 bridgehead atoms. The molecule has 100 valence electrons. The fraction of sp³-hybridized carbons (Fsp3) is 0. The van der Waals surface area contributed by atoms with Gasteiger partial charge in [-0.2, -0.15) is 0 Å². The van der Waals surface area contributed by atoms with Crippen LogP contribution in [0.25, 0.3) is 0 Å². The Morgan fingerprint density at radius 3 is 2.85 bits per heavy atom. The van der Waals surface area contributed by atoms with Crippen LogP contribution in [0.2, 0.25) is 5.15 Å². The molecule has 8 heteroatoms. The van der Waals surface area contributed by atoms with E-state index in [1.54, 1.807) is 18.2 Å². The van der Waals surface area contributed by atoms with E-state index in [1.807, 2.05) is 0 Å². The first kappa shape index (κ1) is 12.9. The fourth-order valence-electron chi connectivity index (χ4n) is 1.80. The van der Waals surface area contributed by atoms with Gasteiger partial charge in [-0.1, -0.05) is 29.4 Å². The number of hydrogen-bond donors (Lipinski definition) is 2. The molecule has 3 rings (SSSR count). The van der Waals surface area contributed by atoms with Gasteiger partial charge >= 0.3 is 0 Å². The second-order valence-corrected chi connectivity index (χ2v) is 5.37. The molecule has 0 fully saturated rings. The molecule has 1 aliphatic rings. The van der Waals surface area contributed by atoms with Crippen molar-refractivity contribution < 1.29 is 9.59 Å². The average molecular weight is 307 g/mol. The highest BCUT2D eigenvalue weighted by Crippen LogP contribution is 2.37. The third-order valence-corrected chi connectivity index (χ3v) is 3.90. The van der Waals surface area contributed by atoms with Gasteiger partial charge in [0.1, 0.15) is 10.2 Å². The van der Waals surface area contributed by atoms with Gasteiger partial charge in [0, 0.05) is 4.90 Å². The number of amides is 1. The van der Waals surface area contributed by atoms with E-state index < -0.39 is 11.7 Å². The number of ketones is 1. The minimum absolute atomic E-state index is 0.171. The van der Waals surface area contributed by atoms with Crippen molar-refractivity contribution in [1.29, 1.82) is 0 Å². The molecule has 2 heterocycles. The Labute approximate surface area is 122 Å².